The maximum atomic E-state index is 14.9. The predicted octanol–water partition coefficient (Wildman–Crippen LogP) is 12.3. The minimum Gasteiger partial charge on any atom is -0.309 e. The lowest BCUT2D eigenvalue weighted by Gasteiger charge is -2.20. The van der Waals surface area contributed by atoms with Crippen LogP contribution in [0.1, 0.15) is 22.3 Å². The molecule has 0 atom stereocenters. The average Bonchev–Trinajstić information content (AvgIpc) is 3.46. The Hall–Kier alpha value is -6.29. The molecule has 0 N–H and O–H groups in total. The Balaban J connectivity index is 1.46. The number of hydrogen-bond acceptors (Lipinski definition) is 3. The van der Waals surface area contributed by atoms with Gasteiger partial charge in [-0.15, -0.1) is 0 Å². The highest BCUT2D eigenvalue weighted by atomic mass is 19.4. The van der Waals surface area contributed by atoms with E-state index in [2.05, 4.69) is 12.1 Å². The number of aryl methyl sites for hydroxylation is 2. The molecule has 0 amide bonds. The normalized spacial score (nSPS) is 12.2. The molecule has 0 aliphatic heterocycles. The molecule has 0 spiro atoms. The van der Waals surface area contributed by atoms with Gasteiger partial charge in [0.05, 0.1) is 22.2 Å². The van der Waals surface area contributed by atoms with E-state index in [4.69, 9.17) is 15.0 Å². The fraction of sp³-hybridized carbons (Fsp3) is 0.0930. The van der Waals surface area contributed by atoms with Crippen molar-refractivity contribution in [3.63, 3.8) is 0 Å². The molecule has 0 aliphatic carbocycles. The molecular weight excluding hydrogens is 686 g/mol. The number of benzene rings is 6. The number of hydrogen-bond donors (Lipinski definition) is 0. The summed E-state index contributed by atoms with van der Waals surface area (Å²) in [7, 11) is 0. The van der Waals surface area contributed by atoms with E-state index in [1.54, 1.807) is 42.5 Å². The Morgan fingerprint density at radius 1 is 0.453 bits per heavy atom. The van der Waals surface area contributed by atoms with E-state index in [1.807, 2.05) is 79.1 Å². The quantitative estimate of drug-likeness (QED) is 0.167. The van der Waals surface area contributed by atoms with Gasteiger partial charge in [0.2, 0.25) is 0 Å². The molecule has 0 fully saturated rings. The van der Waals surface area contributed by atoms with Gasteiger partial charge in [0.25, 0.3) is 0 Å². The SMILES string of the molecule is Cc1ccc2c(c1)c1cc(C)ccc1n2-c1ccc(-c2nc(-c3ccccc3)nc(-c3ccccc3)n2)c(-c2ccc(C(F)(F)F)cc2C(F)(F)F)c1. The van der Waals surface area contributed by atoms with Crippen LogP contribution in [-0.4, -0.2) is 19.5 Å². The molecule has 0 aliphatic rings. The molecule has 0 saturated heterocycles. The van der Waals surface area contributed by atoms with Crippen LogP contribution < -0.4 is 0 Å². The highest BCUT2D eigenvalue weighted by molar-refractivity contribution is 6.10. The van der Waals surface area contributed by atoms with Crippen LogP contribution in [0.15, 0.2) is 133 Å². The lowest BCUT2D eigenvalue weighted by molar-refractivity contribution is -0.142. The minimum atomic E-state index is -5.13. The topological polar surface area (TPSA) is 43.6 Å². The van der Waals surface area contributed by atoms with Crippen LogP contribution in [0.5, 0.6) is 0 Å². The second-order valence-corrected chi connectivity index (χ2v) is 12.9. The average molecular weight is 715 g/mol. The van der Waals surface area contributed by atoms with E-state index >= 15 is 0 Å². The summed E-state index contributed by atoms with van der Waals surface area (Å²) < 4.78 is 88.1. The van der Waals surface area contributed by atoms with E-state index in [9.17, 15) is 26.3 Å². The lowest BCUT2D eigenvalue weighted by atomic mass is 9.92. The molecule has 2 heterocycles. The van der Waals surface area contributed by atoms with E-state index in [0.717, 1.165) is 39.0 Å². The van der Waals surface area contributed by atoms with Gasteiger partial charge in [-0.3, -0.25) is 0 Å². The molecule has 0 bridgehead atoms. The van der Waals surface area contributed by atoms with Gasteiger partial charge in [-0.1, -0.05) is 90.0 Å². The minimum absolute atomic E-state index is 0.00185. The van der Waals surface area contributed by atoms with Crippen LogP contribution in [0.25, 0.3) is 72.8 Å². The number of nitrogens with zero attached hydrogens (tertiary/aromatic N) is 4. The van der Waals surface area contributed by atoms with Crippen LogP contribution in [-0.2, 0) is 12.4 Å². The second-order valence-electron chi connectivity index (χ2n) is 12.9. The molecule has 8 aromatic rings. The van der Waals surface area contributed by atoms with E-state index in [1.165, 1.54) is 0 Å². The molecular formula is C43H28F6N4. The first kappa shape index (κ1) is 33.8. The largest absolute Gasteiger partial charge is 0.417 e. The van der Waals surface area contributed by atoms with Crippen molar-refractivity contribution in [3.8, 4) is 51.0 Å². The molecule has 262 valence electrons. The number of halogens is 6. The summed E-state index contributed by atoms with van der Waals surface area (Å²) in [5, 5.41) is 1.91. The van der Waals surface area contributed by atoms with Crippen molar-refractivity contribution in [2.45, 2.75) is 26.2 Å². The van der Waals surface area contributed by atoms with Gasteiger partial charge in [0.1, 0.15) is 0 Å². The van der Waals surface area contributed by atoms with Crippen molar-refractivity contribution < 1.29 is 26.3 Å². The Bertz CT molecular complexity index is 2550. The lowest BCUT2D eigenvalue weighted by Crippen LogP contribution is -2.12. The van der Waals surface area contributed by atoms with Crippen LogP contribution >= 0.6 is 0 Å². The van der Waals surface area contributed by atoms with E-state index < -0.39 is 29.0 Å². The zero-order chi connectivity index (χ0) is 37.1. The van der Waals surface area contributed by atoms with Crippen molar-refractivity contribution >= 4 is 21.8 Å². The Kier molecular flexibility index (Phi) is 8.13. The summed E-state index contributed by atoms with van der Waals surface area (Å²) in [4.78, 5) is 14.2. The first-order valence-corrected chi connectivity index (χ1v) is 16.7. The Morgan fingerprint density at radius 3 is 1.47 bits per heavy atom. The van der Waals surface area contributed by atoms with Crippen LogP contribution in [0.2, 0.25) is 0 Å². The van der Waals surface area contributed by atoms with Gasteiger partial charge in [0, 0.05) is 33.2 Å². The Morgan fingerprint density at radius 2 is 0.962 bits per heavy atom. The van der Waals surface area contributed by atoms with Gasteiger partial charge in [-0.2, -0.15) is 26.3 Å². The smallest absolute Gasteiger partial charge is 0.309 e. The summed E-state index contributed by atoms with van der Waals surface area (Å²) in [6.45, 7) is 3.97. The molecule has 10 heteroatoms. The molecule has 0 radical (unpaired) electrons. The summed E-state index contributed by atoms with van der Waals surface area (Å²) >= 11 is 0. The van der Waals surface area contributed by atoms with Gasteiger partial charge in [0.15, 0.2) is 17.5 Å². The highest BCUT2D eigenvalue weighted by Crippen LogP contribution is 2.45. The van der Waals surface area contributed by atoms with Crippen molar-refractivity contribution in [3.05, 3.63) is 156 Å². The van der Waals surface area contributed by atoms with Crippen molar-refractivity contribution in [1.82, 2.24) is 19.5 Å². The third-order valence-electron chi connectivity index (χ3n) is 9.22. The fourth-order valence-corrected chi connectivity index (χ4v) is 6.74. The summed E-state index contributed by atoms with van der Waals surface area (Å²) in [5.74, 6) is 0.614. The summed E-state index contributed by atoms with van der Waals surface area (Å²) in [5.41, 5.74) is 2.40. The zero-order valence-corrected chi connectivity index (χ0v) is 28.3. The maximum absolute atomic E-state index is 14.9. The summed E-state index contributed by atoms with van der Waals surface area (Å²) in [6.07, 6.45) is -10.1. The van der Waals surface area contributed by atoms with Gasteiger partial charge in [-0.05, 0) is 79.6 Å². The molecule has 8 rings (SSSR count). The molecule has 0 saturated carbocycles. The summed E-state index contributed by atoms with van der Waals surface area (Å²) in [6, 6.07) is 36.8. The molecule has 4 nitrogen and oxygen atoms in total. The Labute approximate surface area is 300 Å². The highest BCUT2D eigenvalue weighted by Gasteiger charge is 2.39. The molecule has 6 aromatic carbocycles. The van der Waals surface area contributed by atoms with Gasteiger partial charge < -0.3 is 4.57 Å². The third kappa shape index (κ3) is 6.30. The predicted molar refractivity (Wildman–Crippen MR) is 195 cm³/mol. The number of fused-ring (bicyclic) bond motifs is 3. The fourth-order valence-electron chi connectivity index (χ4n) is 6.74. The molecule has 53 heavy (non-hydrogen) atoms. The van der Waals surface area contributed by atoms with Gasteiger partial charge in [-0.25, -0.2) is 15.0 Å². The number of alkyl halides is 6. The van der Waals surface area contributed by atoms with E-state index in [-0.39, 0.29) is 34.7 Å². The van der Waals surface area contributed by atoms with Crippen LogP contribution in [0, 0.1) is 13.8 Å². The number of aromatic nitrogens is 4. The second kappa shape index (κ2) is 12.7. The standard InChI is InChI=1S/C43H28F6N4/c1-25-13-19-37-34(21-25)35-22-26(2)14-20-38(35)53(37)30-16-18-32(33(24-30)31-17-15-29(42(44,45)46)23-36(31)43(47,48)49)41-51-39(27-9-5-3-6-10-27)50-40(52-41)28-11-7-4-8-12-28/h3-24H,1-2H3. The first-order valence-electron chi connectivity index (χ1n) is 16.7. The first-order chi connectivity index (χ1) is 25.3. The maximum Gasteiger partial charge on any atom is 0.417 e. The van der Waals surface area contributed by atoms with Crippen LogP contribution in [0.4, 0.5) is 26.3 Å². The third-order valence-corrected chi connectivity index (χ3v) is 9.22. The van der Waals surface area contributed by atoms with Crippen molar-refractivity contribution in [2.24, 2.45) is 0 Å². The number of rotatable bonds is 5. The van der Waals surface area contributed by atoms with Crippen molar-refractivity contribution in [1.29, 1.82) is 0 Å². The molecule has 2 aromatic heterocycles. The van der Waals surface area contributed by atoms with Crippen molar-refractivity contribution in [2.75, 3.05) is 0 Å². The zero-order valence-electron chi connectivity index (χ0n) is 28.3. The molecule has 0 unspecified atom stereocenters. The van der Waals surface area contributed by atoms with Gasteiger partial charge >= 0.3 is 12.4 Å². The van der Waals surface area contributed by atoms with Crippen LogP contribution in [0.3, 0.4) is 0 Å². The van der Waals surface area contributed by atoms with E-state index in [0.29, 0.717) is 22.9 Å². The monoisotopic (exact) mass is 714 g/mol.